The molecule has 0 N–H and O–H groups in total. The second-order valence-corrected chi connectivity index (χ2v) is 1.06. The van der Waals surface area contributed by atoms with Crippen LogP contribution in [0.25, 0.3) is 0 Å². The number of halogens is 1. The molecule has 7 heavy (non-hydrogen) atoms. The fraction of sp³-hybridized carbons (Fsp3) is 0.667. The van der Waals surface area contributed by atoms with Crippen molar-refractivity contribution in [2.45, 2.75) is 6.92 Å². The highest BCUT2D eigenvalue weighted by Crippen LogP contribution is 1.86. The number of carbonyl (C=O) groups excluding carboxylic acids is 1. The molecule has 42 valence electrons. The van der Waals surface area contributed by atoms with Gasteiger partial charge in [-0.1, -0.05) is 0 Å². The van der Waals surface area contributed by atoms with Gasteiger partial charge in [0.2, 0.25) is 0 Å². The molecule has 0 rings (SSSR count). The number of ether oxygens (including phenoxy) is 1. The summed E-state index contributed by atoms with van der Waals surface area (Å²) in [6.45, 7) is 2.04. The van der Waals surface area contributed by atoms with E-state index in [0.717, 1.165) is 0 Å². The SMILES string of the molecule is CCOC(Cl)=[O+][O-]. The lowest BCUT2D eigenvalue weighted by molar-refractivity contribution is -0.865. The summed E-state index contributed by atoms with van der Waals surface area (Å²) in [5, 5.41) is 9.23. The maximum atomic E-state index is 9.23. The van der Waals surface area contributed by atoms with Crippen molar-refractivity contribution < 1.29 is 14.6 Å². The summed E-state index contributed by atoms with van der Waals surface area (Å²) < 4.78 is 7.54. The summed E-state index contributed by atoms with van der Waals surface area (Å²) >= 11 is 4.93. The van der Waals surface area contributed by atoms with E-state index in [1.165, 1.54) is 0 Å². The molecule has 0 aliphatic rings. The van der Waals surface area contributed by atoms with Crippen LogP contribution in [0.3, 0.4) is 0 Å². The second kappa shape index (κ2) is 3.74. The average Bonchev–Trinajstić information content (AvgIpc) is 1.68. The van der Waals surface area contributed by atoms with Gasteiger partial charge in [0.05, 0.1) is 11.6 Å². The smallest absolute Gasteiger partial charge is 0.587 e. The molecule has 0 aliphatic carbocycles. The quantitative estimate of drug-likeness (QED) is 0.217. The summed E-state index contributed by atoms with van der Waals surface area (Å²) in [6, 6.07) is 0. The first-order valence-electron chi connectivity index (χ1n) is 1.76. The van der Waals surface area contributed by atoms with Gasteiger partial charge in [0.1, 0.15) is 0 Å². The third-order valence-corrected chi connectivity index (χ3v) is 0.495. The van der Waals surface area contributed by atoms with Gasteiger partial charge in [0, 0.05) is 0 Å². The van der Waals surface area contributed by atoms with Crippen LogP contribution in [0.4, 0.5) is 4.58 Å². The largest absolute Gasteiger partial charge is 0.606 e. The molecule has 0 aromatic heterocycles. The zero-order valence-electron chi connectivity index (χ0n) is 3.81. The highest BCUT2D eigenvalue weighted by atomic mass is 35.5. The van der Waals surface area contributed by atoms with Gasteiger partial charge in [-0.15, -0.1) is 0 Å². The Bertz CT molecular complexity index is 70.6. The number of hydrogen-bond donors (Lipinski definition) is 0. The van der Waals surface area contributed by atoms with Crippen LogP contribution < -0.4 is 5.26 Å². The van der Waals surface area contributed by atoms with Crippen molar-refractivity contribution in [1.82, 2.24) is 0 Å². The minimum atomic E-state index is -0.456. The van der Waals surface area contributed by atoms with Gasteiger partial charge in [-0.05, 0) is 6.92 Å². The molecule has 0 aromatic rings. The normalized spacial score (nSPS) is 11.4. The molecule has 0 aromatic carbocycles. The van der Waals surface area contributed by atoms with Crippen LogP contribution in [0.2, 0.25) is 0 Å². The lowest BCUT2D eigenvalue weighted by Gasteiger charge is -1.82. The predicted molar refractivity (Wildman–Crippen MR) is 22.9 cm³/mol. The Balaban J connectivity index is 3.17. The van der Waals surface area contributed by atoms with E-state index in [1.807, 2.05) is 0 Å². The Hall–Kier alpha value is -0.440. The lowest BCUT2D eigenvalue weighted by Crippen LogP contribution is -1.97. The molecule has 0 saturated heterocycles. The average molecular weight is 125 g/mol. The van der Waals surface area contributed by atoms with E-state index in [9.17, 15) is 5.26 Å². The highest BCUT2D eigenvalue weighted by molar-refractivity contribution is 6.61. The third kappa shape index (κ3) is 3.39. The summed E-state index contributed by atoms with van der Waals surface area (Å²) in [6.07, 6.45) is 0. The van der Waals surface area contributed by atoms with Crippen LogP contribution in [0.15, 0.2) is 0 Å². The Morgan fingerprint density at radius 1 is 2.00 bits per heavy atom. The molecule has 0 heterocycles. The first-order valence-corrected chi connectivity index (χ1v) is 2.14. The molecule has 0 aliphatic heterocycles. The van der Waals surface area contributed by atoms with E-state index in [0.29, 0.717) is 6.61 Å². The summed E-state index contributed by atoms with van der Waals surface area (Å²) in [5.74, 6) is 0. The molecule has 3 nitrogen and oxygen atoms in total. The molecule has 0 radical (unpaired) electrons. The topological polar surface area (TPSA) is 43.6 Å². The van der Waals surface area contributed by atoms with E-state index < -0.39 is 5.43 Å². The van der Waals surface area contributed by atoms with Gasteiger partial charge in [0.25, 0.3) is 0 Å². The van der Waals surface area contributed by atoms with Crippen LogP contribution in [0, 0.1) is 0 Å². The van der Waals surface area contributed by atoms with Crippen molar-refractivity contribution in [1.29, 1.82) is 0 Å². The molecular formula is C3H5ClO3. The molecule has 0 spiro atoms. The molecular weight excluding hydrogens is 119 g/mol. The Morgan fingerprint density at radius 3 is 2.71 bits per heavy atom. The van der Waals surface area contributed by atoms with Gasteiger partial charge >= 0.3 is 5.43 Å². The standard InChI is InChI=1S/C3H5ClO3/c1-2-6-3(4)7-5/h2H2,1H3. The van der Waals surface area contributed by atoms with Gasteiger partial charge in [-0.2, -0.15) is 0 Å². The molecule has 0 fully saturated rings. The maximum absolute atomic E-state index is 9.23. The molecule has 0 atom stereocenters. The molecule has 0 saturated carbocycles. The fourth-order valence-corrected chi connectivity index (χ4v) is 0.247. The molecule has 0 bridgehead atoms. The van der Waals surface area contributed by atoms with Crippen molar-refractivity contribution in [3.8, 4) is 0 Å². The molecule has 4 heteroatoms. The van der Waals surface area contributed by atoms with Gasteiger partial charge in [-0.3, -0.25) is 4.58 Å². The van der Waals surface area contributed by atoms with E-state index in [1.54, 1.807) is 6.92 Å². The zero-order chi connectivity index (χ0) is 5.70. The van der Waals surface area contributed by atoms with Crippen LogP contribution in [-0.4, -0.2) is 12.0 Å². The first kappa shape index (κ1) is 6.56. The highest BCUT2D eigenvalue weighted by Gasteiger charge is 2.02. The predicted octanol–water partition coefficient (Wildman–Crippen LogP) is 0.193. The number of rotatable bonds is 1. The van der Waals surface area contributed by atoms with Crippen LogP contribution >= 0.6 is 11.6 Å². The van der Waals surface area contributed by atoms with Crippen LogP contribution in [0.5, 0.6) is 0 Å². The van der Waals surface area contributed by atoms with Gasteiger partial charge in [0.15, 0.2) is 6.61 Å². The monoisotopic (exact) mass is 124 g/mol. The number of hydrogen-bond acceptors (Lipinski definition) is 2. The lowest BCUT2D eigenvalue weighted by atomic mass is 10.9. The molecule has 0 unspecified atom stereocenters. The van der Waals surface area contributed by atoms with Crippen molar-refractivity contribution in [2.24, 2.45) is 0 Å². The van der Waals surface area contributed by atoms with Crippen molar-refractivity contribution in [2.75, 3.05) is 6.61 Å². The first-order chi connectivity index (χ1) is 3.31. The van der Waals surface area contributed by atoms with E-state index in [2.05, 4.69) is 9.31 Å². The van der Waals surface area contributed by atoms with E-state index >= 15 is 0 Å². The summed E-state index contributed by atoms with van der Waals surface area (Å²) in [5.41, 5.74) is -0.456. The minimum Gasteiger partial charge on any atom is -0.587 e. The third-order valence-electron chi connectivity index (χ3n) is 0.323. The zero-order valence-corrected chi connectivity index (χ0v) is 4.57. The van der Waals surface area contributed by atoms with Crippen LogP contribution in [-0.2, 0) is 4.74 Å². The van der Waals surface area contributed by atoms with E-state index in [-0.39, 0.29) is 0 Å². The second-order valence-electron chi connectivity index (χ2n) is 0.754. The Kier molecular flexibility index (Phi) is 3.50. The Morgan fingerprint density at radius 2 is 2.57 bits per heavy atom. The van der Waals surface area contributed by atoms with Gasteiger partial charge < -0.3 is 9.99 Å². The van der Waals surface area contributed by atoms with Crippen LogP contribution in [0.1, 0.15) is 6.92 Å². The maximum Gasteiger partial charge on any atom is 0.606 e. The van der Waals surface area contributed by atoms with Gasteiger partial charge in [-0.25, -0.2) is 0 Å². The summed E-state index contributed by atoms with van der Waals surface area (Å²) in [4.78, 5) is 0. The summed E-state index contributed by atoms with van der Waals surface area (Å²) in [7, 11) is 0. The van der Waals surface area contributed by atoms with Crippen molar-refractivity contribution in [3.63, 3.8) is 0 Å². The molecule has 0 amide bonds. The van der Waals surface area contributed by atoms with E-state index in [4.69, 9.17) is 11.6 Å². The fourth-order valence-electron chi connectivity index (χ4n) is 0.138. The van der Waals surface area contributed by atoms with Crippen molar-refractivity contribution >= 4 is 17.0 Å². The Labute approximate surface area is 46.1 Å². The minimum absolute atomic E-state index is 0.348. The van der Waals surface area contributed by atoms with Crippen molar-refractivity contribution in [3.05, 3.63) is 0 Å².